The largest absolute Gasteiger partial charge is 0.381 e. The molecule has 9 nitrogen and oxygen atoms in total. The summed E-state index contributed by atoms with van der Waals surface area (Å²) in [6, 6.07) is 7.12. The normalized spacial score (nSPS) is 21.4. The highest BCUT2D eigenvalue weighted by Crippen LogP contribution is 2.35. The third kappa shape index (κ3) is 4.96. The number of rotatable bonds is 6. The summed E-state index contributed by atoms with van der Waals surface area (Å²) in [5, 5.41) is 9.63. The minimum Gasteiger partial charge on any atom is -0.381 e. The van der Waals surface area contributed by atoms with Gasteiger partial charge in [0.1, 0.15) is 11.3 Å². The molecule has 0 bridgehead atoms. The van der Waals surface area contributed by atoms with Crippen LogP contribution in [0.2, 0.25) is 0 Å². The molecule has 2 aliphatic rings. The number of para-hydroxylation sites is 1. The van der Waals surface area contributed by atoms with Crippen molar-refractivity contribution in [3.05, 3.63) is 36.3 Å². The smallest absolute Gasteiger partial charge is 0.224 e. The lowest BCUT2D eigenvalue weighted by atomic mass is 9.91. The number of ether oxygens (including phenoxy) is 1. The Morgan fingerprint density at radius 2 is 1.82 bits per heavy atom. The maximum Gasteiger partial charge on any atom is 0.224 e. The molecular formula is C24H30FN7O2. The van der Waals surface area contributed by atoms with E-state index in [0.29, 0.717) is 28.7 Å². The molecule has 0 unspecified atom stereocenters. The van der Waals surface area contributed by atoms with E-state index in [2.05, 4.69) is 25.5 Å². The van der Waals surface area contributed by atoms with E-state index in [0.717, 1.165) is 51.7 Å². The van der Waals surface area contributed by atoms with E-state index < -0.39 is 0 Å². The highest BCUT2D eigenvalue weighted by molar-refractivity contribution is 5.77. The van der Waals surface area contributed by atoms with Crippen molar-refractivity contribution in [2.24, 2.45) is 0 Å². The summed E-state index contributed by atoms with van der Waals surface area (Å²) in [6.45, 7) is 3.01. The molecule has 10 heteroatoms. The van der Waals surface area contributed by atoms with E-state index in [4.69, 9.17) is 14.7 Å². The number of halogens is 1. The Balaban J connectivity index is 1.47. The minimum atomic E-state index is -0.344. The molecule has 1 amide bonds. The van der Waals surface area contributed by atoms with Gasteiger partial charge in [0.15, 0.2) is 5.65 Å². The molecule has 5 rings (SSSR count). The zero-order valence-corrected chi connectivity index (χ0v) is 19.3. The van der Waals surface area contributed by atoms with Crippen LogP contribution < -0.4 is 16.0 Å². The predicted molar refractivity (Wildman–Crippen MR) is 128 cm³/mol. The summed E-state index contributed by atoms with van der Waals surface area (Å²) >= 11 is 0. The number of nitrogens with zero attached hydrogens (tertiary/aromatic N) is 4. The number of fused-ring (bicyclic) bond motifs is 1. The molecule has 1 aromatic carbocycles. The van der Waals surface area contributed by atoms with Crippen LogP contribution in [0, 0.1) is 5.82 Å². The summed E-state index contributed by atoms with van der Waals surface area (Å²) in [7, 11) is 0. The van der Waals surface area contributed by atoms with Crippen LogP contribution >= 0.6 is 0 Å². The fraction of sp³-hybridized carbons (Fsp3) is 0.500. The number of imidazole rings is 1. The van der Waals surface area contributed by atoms with E-state index in [-0.39, 0.29) is 29.8 Å². The van der Waals surface area contributed by atoms with Crippen LogP contribution in [-0.4, -0.2) is 50.7 Å². The Bertz CT molecular complexity index is 1150. The van der Waals surface area contributed by atoms with Crippen molar-refractivity contribution in [3.8, 4) is 0 Å². The van der Waals surface area contributed by atoms with Crippen molar-refractivity contribution in [2.75, 3.05) is 23.8 Å². The zero-order chi connectivity index (χ0) is 23.5. The van der Waals surface area contributed by atoms with Crippen molar-refractivity contribution in [1.82, 2.24) is 24.8 Å². The Hall–Kier alpha value is -3.27. The summed E-state index contributed by atoms with van der Waals surface area (Å²) in [6.07, 6.45) is 6.98. The SMILES string of the molecule is CC(=O)NC1CCC(n2c(Nc3ccccc3F)nc3cnc(NC4CCOCC4)nc32)CC1. The van der Waals surface area contributed by atoms with Crippen LogP contribution in [0.4, 0.5) is 22.0 Å². The molecule has 3 N–H and O–H groups in total. The van der Waals surface area contributed by atoms with Gasteiger partial charge in [0.05, 0.1) is 11.9 Å². The summed E-state index contributed by atoms with van der Waals surface area (Å²) in [5.74, 6) is 0.754. The second-order valence-corrected chi connectivity index (χ2v) is 9.05. The summed E-state index contributed by atoms with van der Waals surface area (Å²) < 4.78 is 21.9. The van der Waals surface area contributed by atoms with Crippen LogP contribution in [-0.2, 0) is 9.53 Å². The van der Waals surface area contributed by atoms with Crippen molar-refractivity contribution >= 4 is 34.7 Å². The standard InChI is InChI=1S/C24H30FN7O2/c1-15(33)27-16-6-8-18(9-7-16)32-22-21(30-24(32)29-20-5-3-2-4-19(20)25)14-26-23(31-22)28-17-10-12-34-13-11-17/h2-5,14,16-18H,6-13H2,1H3,(H,27,33)(H,29,30)(H,26,28,31). The van der Waals surface area contributed by atoms with Crippen LogP contribution in [0.1, 0.15) is 51.5 Å². The van der Waals surface area contributed by atoms with Crippen molar-refractivity contribution in [3.63, 3.8) is 0 Å². The van der Waals surface area contributed by atoms with Crippen molar-refractivity contribution in [1.29, 1.82) is 0 Å². The molecule has 1 saturated heterocycles. The number of amides is 1. The molecule has 3 aromatic rings. The number of carbonyl (C=O) groups is 1. The van der Waals surface area contributed by atoms with Gasteiger partial charge < -0.3 is 20.7 Å². The number of anilines is 3. The topological polar surface area (TPSA) is 106 Å². The third-order valence-electron chi connectivity index (χ3n) is 6.58. The number of carbonyl (C=O) groups excluding carboxylic acids is 1. The van der Waals surface area contributed by atoms with Crippen molar-refractivity contribution in [2.45, 2.75) is 63.6 Å². The molecule has 1 saturated carbocycles. The van der Waals surface area contributed by atoms with Gasteiger partial charge in [0, 0.05) is 38.3 Å². The quantitative estimate of drug-likeness (QED) is 0.505. The first-order valence-corrected chi connectivity index (χ1v) is 11.9. The van der Waals surface area contributed by atoms with Gasteiger partial charge in [-0.1, -0.05) is 12.1 Å². The monoisotopic (exact) mass is 467 g/mol. The summed E-state index contributed by atoms with van der Waals surface area (Å²) in [4.78, 5) is 25.5. The molecule has 0 spiro atoms. The number of nitrogens with one attached hydrogen (secondary N) is 3. The summed E-state index contributed by atoms with van der Waals surface area (Å²) in [5.41, 5.74) is 1.73. The maximum atomic E-state index is 14.4. The average Bonchev–Trinajstić information content (AvgIpc) is 3.18. The van der Waals surface area contributed by atoms with Gasteiger partial charge in [0.25, 0.3) is 0 Å². The van der Waals surface area contributed by atoms with Gasteiger partial charge in [-0.3, -0.25) is 9.36 Å². The van der Waals surface area contributed by atoms with E-state index in [9.17, 15) is 9.18 Å². The molecule has 2 aromatic heterocycles. The molecule has 1 aliphatic carbocycles. The van der Waals surface area contributed by atoms with Gasteiger partial charge in [0.2, 0.25) is 17.8 Å². The molecule has 180 valence electrons. The van der Waals surface area contributed by atoms with Crippen LogP contribution in [0.5, 0.6) is 0 Å². The first-order valence-electron chi connectivity index (χ1n) is 11.9. The number of aromatic nitrogens is 4. The Morgan fingerprint density at radius 3 is 2.56 bits per heavy atom. The molecule has 2 fully saturated rings. The van der Waals surface area contributed by atoms with E-state index in [1.807, 2.05) is 0 Å². The number of hydrogen-bond donors (Lipinski definition) is 3. The number of benzene rings is 1. The highest BCUT2D eigenvalue weighted by atomic mass is 19.1. The Labute approximate surface area is 197 Å². The van der Waals surface area contributed by atoms with Crippen molar-refractivity contribution < 1.29 is 13.9 Å². The molecule has 0 atom stereocenters. The van der Waals surface area contributed by atoms with Gasteiger partial charge in [-0.05, 0) is 50.7 Å². The lowest BCUT2D eigenvalue weighted by Crippen LogP contribution is -2.36. The predicted octanol–water partition coefficient (Wildman–Crippen LogP) is 3.92. The average molecular weight is 468 g/mol. The molecule has 3 heterocycles. The lowest BCUT2D eigenvalue weighted by Gasteiger charge is -2.30. The molecule has 1 aliphatic heterocycles. The van der Waals surface area contributed by atoms with Gasteiger partial charge in [-0.25, -0.2) is 14.4 Å². The fourth-order valence-corrected chi connectivity index (χ4v) is 4.87. The lowest BCUT2D eigenvalue weighted by molar-refractivity contribution is -0.119. The van der Waals surface area contributed by atoms with Gasteiger partial charge in [-0.15, -0.1) is 0 Å². The third-order valence-corrected chi connectivity index (χ3v) is 6.58. The van der Waals surface area contributed by atoms with Crippen LogP contribution in [0.25, 0.3) is 11.2 Å². The first-order chi connectivity index (χ1) is 16.6. The zero-order valence-electron chi connectivity index (χ0n) is 19.3. The van der Waals surface area contributed by atoms with E-state index in [1.54, 1.807) is 31.3 Å². The first kappa shape index (κ1) is 22.5. The highest BCUT2D eigenvalue weighted by Gasteiger charge is 2.28. The van der Waals surface area contributed by atoms with Crippen LogP contribution in [0.15, 0.2) is 30.5 Å². The molecule has 0 radical (unpaired) electrons. The Morgan fingerprint density at radius 1 is 1.06 bits per heavy atom. The van der Waals surface area contributed by atoms with Crippen LogP contribution in [0.3, 0.4) is 0 Å². The fourth-order valence-electron chi connectivity index (χ4n) is 4.87. The molecular weight excluding hydrogens is 437 g/mol. The van der Waals surface area contributed by atoms with E-state index >= 15 is 0 Å². The van der Waals surface area contributed by atoms with E-state index in [1.165, 1.54) is 6.07 Å². The Kier molecular flexibility index (Phi) is 6.57. The second-order valence-electron chi connectivity index (χ2n) is 9.05. The maximum absolute atomic E-state index is 14.4. The molecule has 34 heavy (non-hydrogen) atoms. The number of hydrogen-bond acceptors (Lipinski definition) is 7. The second kappa shape index (κ2) is 9.92. The minimum absolute atomic E-state index is 0.00462. The van der Waals surface area contributed by atoms with Gasteiger partial charge >= 0.3 is 0 Å². The van der Waals surface area contributed by atoms with Gasteiger partial charge in [-0.2, -0.15) is 4.98 Å².